The highest BCUT2D eigenvalue weighted by atomic mass is 19.1. The molecule has 0 atom stereocenters. The van der Waals surface area contributed by atoms with Gasteiger partial charge in [-0.1, -0.05) is 18.2 Å². The fraction of sp³-hybridized carbons (Fsp3) is 0. The van der Waals surface area contributed by atoms with E-state index in [9.17, 15) is 13.2 Å². The van der Waals surface area contributed by atoms with Gasteiger partial charge in [0.15, 0.2) is 0 Å². The third-order valence-electron chi connectivity index (χ3n) is 2.67. The predicted molar refractivity (Wildman–Crippen MR) is 59.0 cm³/mol. The molecule has 82 valence electrons. The number of benzene rings is 3. The van der Waals surface area contributed by atoms with Crippen molar-refractivity contribution in [3.8, 4) is 0 Å². The van der Waals surface area contributed by atoms with E-state index in [-0.39, 0.29) is 5.39 Å². The number of fused-ring (bicyclic) bond motifs is 3. The van der Waals surface area contributed by atoms with Gasteiger partial charge in [-0.15, -0.1) is 0 Å². The van der Waals surface area contributed by atoms with Crippen LogP contribution in [-0.2, 0) is 0 Å². The van der Waals surface area contributed by atoms with Crippen LogP contribution in [0.4, 0.5) is 13.2 Å². The summed E-state index contributed by atoms with van der Waals surface area (Å²) in [7, 11) is 0. The highest BCUT2D eigenvalue weighted by Gasteiger charge is 2.08. The van der Waals surface area contributed by atoms with Gasteiger partial charge in [-0.25, -0.2) is 13.2 Å². The number of halogens is 3. The Morgan fingerprint density at radius 2 is 1.47 bits per heavy atom. The van der Waals surface area contributed by atoms with Crippen LogP contribution in [0.5, 0.6) is 0 Å². The lowest BCUT2D eigenvalue weighted by Crippen LogP contribution is -1.86. The van der Waals surface area contributed by atoms with Gasteiger partial charge in [-0.05, 0) is 28.3 Å². The highest BCUT2D eigenvalue weighted by molar-refractivity contribution is 6.07. The van der Waals surface area contributed by atoms with Crippen molar-refractivity contribution < 1.29 is 13.2 Å². The molecular formula is C14H5F3. The molecule has 0 aliphatic rings. The molecule has 0 bridgehead atoms. The first-order valence-corrected chi connectivity index (χ1v) is 4.97. The quantitative estimate of drug-likeness (QED) is 0.512. The second-order valence-corrected chi connectivity index (χ2v) is 3.73. The van der Waals surface area contributed by atoms with Gasteiger partial charge in [-0.2, -0.15) is 0 Å². The normalized spacial score (nSPS) is 11.2. The number of hydrogen-bond acceptors (Lipinski definition) is 0. The molecule has 0 spiro atoms. The van der Waals surface area contributed by atoms with E-state index >= 15 is 0 Å². The molecule has 0 aliphatic carbocycles. The molecule has 0 nitrogen and oxygen atoms in total. The molecule has 3 aromatic rings. The molecule has 3 rings (SSSR count). The summed E-state index contributed by atoms with van der Waals surface area (Å²) in [5.74, 6) is -2.02. The smallest absolute Gasteiger partial charge is 0.142 e. The molecule has 3 heteroatoms. The highest BCUT2D eigenvalue weighted by Crippen LogP contribution is 2.27. The van der Waals surface area contributed by atoms with E-state index in [2.05, 4.69) is 6.07 Å². The molecule has 0 aliphatic heterocycles. The number of rotatable bonds is 0. The Balaban J connectivity index is 2.55. The van der Waals surface area contributed by atoms with Crippen molar-refractivity contribution >= 4 is 21.5 Å². The average molecular weight is 230 g/mol. The molecule has 0 saturated heterocycles. The standard InChI is InChI=1S/C14H5F3/c15-9-2-4-11-8(5-9)1-3-12-13(11)6-10(16)7-14(12)17/h1-4,6H. The lowest BCUT2D eigenvalue weighted by Gasteiger charge is -2.04. The van der Waals surface area contributed by atoms with Crippen LogP contribution in [0.1, 0.15) is 0 Å². The van der Waals surface area contributed by atoms with Crippen LogP contribution >= 0.6 is 0 Å². The lowest BCUT2D eigenvalue weighted by atomic mass is 10.0. The van der Waals surface area contributed by atoms with E-state index in [1.165, 1.54) is 24.3 Å². The second kappa shape index (κ2) is 3.48. The minimum Gasteiger partial charge on any atom is -0.206 e. The van der Waals surface area contributed by atoms with Gasteiger partial charge >= 0.3 is 0 Å². The fourth-order valence-corrected chi connectivity index (χ4v) is 1.93. The minimum atomic E-state index is -0.771. The lowest BCUT2D eigenvalue weighted by molar-refractivity contribution is 0.588. The van der Waals surface area contributed by atoms with E-state index in [1.807, 2.05) is 6.07 Å². The molecule has 0 amide bonds. The summed E-state index contributed by atoms with van der Waals surface area (Å²) in [5, 5.41) is 1.71. The molecule has 17 heavy (non-hydrogen) atoms. The van der Waals surface area contributed by atoms with Crippen molar-refractivity contribution in [1.29, 1.82) is 0 Å². The van der Waals surface area contributed by atoms with E-state index < -0.39 is 17.5 Å². The van der Waals surface area contributed by atoms with Gasteiger partial charge in [-0.3, -0.25) is 0 Å². The molecule has 0 fully saturated rings. The first-order valence-electron chi connectivity index (χ1n) is 4.97. The second-order valence-electron chi connectivity index (χ2n) is 3.73. The van der Waals surface area contributed by atoms with Gasteiger partial charge in [0.25, 0.3) is 0 Å². The van der Waals surface area contributed by atoms with Crippen molar-refractivity contribution in [2.24, 2.45) is 0 Å². The Hall–Kier alpha value is -2.03. The Kier molecular flexibility index (Phi) is 2.08. The van der Waals surface area contributed by atoms with Gasteiger partial charge in [0.1, 0.15) is 17.5 Å². The van der Waals surface area contributed by atoms with E-state index in [0.29, 0.717) is 16.2 Å². The summed E-state index contributed by atoms with van der Waals surface area (Å²) in [6.07, 6.45) is 0. The molecule has 0 N–H and O–H groups in total. The fourth-order valence-electron chi connectivity index (χ4n) is 1.93. The van der Waals surface area contributed by atoms with Gasteiger partial charge in [0.2, 0.25) is 0 Å². The number of hydrogen-bond donors (Lipinski definition) is 0. The molecular weight excluding hydrogens is 225 g/mol. The zero-order chi connectivity index (χ0) is 12.0. The summed E-state index contributed by atoms with van der Waals surface area (Å²) in [6, 6.07) is 11.4. The van der Waals surface area contributed by atoms with Gasteiger partial charge in [0.05, 0.1) is 6.07 Å². The van der Waals surface area contributed by atoms with Crippen LogP contribution < -0.4 is 0 Å². The Labute approximate surface area is 95.3 Å². The third-order valence-corrected chi connectivity index (χ3v) is 2.67. The van der Waals surface area contributed by atoms with Gasteiger partial charge in [0, 0.05) is 11.5 Å². The largest absolute Gasteiger partial charge is 0.206 e. The maximum absolute atomic E-state index is 13.5. The van der Waals surface area contributed by atoms with Crippen molar-refractivity contribution in [3.63, 3.8) is 0 Å². The zero-order valence-corrected chi connectivity index (χ0v) is 8.52. The molecule has 0 aromatic heterocycles. The summed E-state index contributed by atoms with van der Waals surface area (Å²) in [5.41, 5.74) is 0. The predicted octanol–water partition coefficient (Wildman–Crippen LogP) is 4.01. The monoisotopic (exact) mass is 230 g/mol. The van der Waals surface area contributed by atoms with Crippen LogP contribution in [0.3, 0.4) is 0 Å². The topological polar surface area (TPSA) is 0 Å². The van der Waals surface area contributed by atoms with Crippen molar-refractivity contribution in [2.45, 2.75) is 0 Å². The molecule has 0 saturated carbocycles. The van der Waals surface area contributed by atoms with Crippen LogP contribution in [0.15, 0.2) is 30.3 Å². The van der Waals surface area contributed by atoms with Crippen LogP contribution in [0.2, 0.25) is 0 Å². The zero-order valence-electron chi connectivity index (χ0n) is 8.52. The Bertz CT molecular complexity index is 732. The molecule has 2 radical (unpaired) electrons. The summed E-state index contributed by atoms with van der Waals surface area (Å²) < 4.78 is 39.6. The van der Waals surface area contributed by atoms with Crippen molar-refractivity contribution in [2.75, 3.05) is 0 Å². The summed E-state index contributed by atoms with van der Waals surface area (Å²) in [6.45, 7) is 0. The van der Waals surface area contributed by atoms with Crippen LogP contribution in [0.25, 0.3) is 21.5 Å². The summed E-state index contributed by atoms with van der Waals surface area (Å²) >= 11 is 0. The van der Waals surface area contributed by atoms with E-state index in [0.717, 1.165) is 0 Å². The van der Waals surface area contributed by atoms with Crippen LogP contribution in [0, 0.1) is 29.6 Å². The average Bonchev–Trinajstić information content (AvgIpc) is 2.27. The third kappa shape index (κ3) is 1.55. The first-order chi connectivity index (χ1) is 8.15. The van der Waals surface area contributed by atoms with Gasteiger partial charge < -0.3 is 0 Å². The van der Waals surface area contributed by atoms with Crippen molar-refractivity contribution in [1.82, 2.24) is 0 Å². The summed E-state index contributed by atoms with van der Waals surface area (Å²) in [4.78, 5) is 0. The SMILES string of the molecule is Fc1[c]c2ccc3c(F)[c]c(F)cc3c2cc1. The molecule has 3 aromatic carbocycles. The maximum atomic E-state index is 13.5. The Morgan fingerprint density at radius 1 is 0.706 bits per heavy atom. The first kappa shape index (κ1) is 10.1. The molecule has 0 unspecified atom stereocenters. The van der Waals surface area contributed by atoms with E-state index in [1.54, 1.807) is 6.07 Å². The van der Waals surface area contributed by atoms with Crippen molar-refractivity contribution in [3.05, 3.63) is 59.9 Å². The minimum absolute atomic E-state index is 0.263. The van der Waals surface area contributed by atoms with E-state index in [4.69, 9.17) is 0 Å². The van der Waals surface area contributed by atoms with Crippen LogP contribution in [-0.4, -0.2) is 0 Å². The maximum Gasteiger partial charge on any atom is 0.142 e. The molecule has 0 heterocycles. The Morgan fingerprint density at radius 3 is 2.29 bits per heavy atom.